The van der Waals surface area contributed by atoms with E-state index < -0.39 is 22.5 Å². The van der Waals surface area contributed by atoms with Gasteiger partial charge in [0.25, 0.3) is 0 Å². The van der Waals surface area contributed by atoms with Crippen LogP contribution in [0.2, 0.25) is 5.02 Å². The van der Waals surface area contributed by atoms with Crippen LogP contribution in [-0.4, -0.2) is 0 Å². The molecular formula is C26H24ClF3. The Morgan fingerprint density at radius 2 is 1.43 bits per heavy atom. The summed E-state index contributed by atoms with van der Waals surface area (Å²) < 4.78 is 42.7. The van der Waals surface area contributed by atoms with Crippen molar-refractivity contribution in [2.75, 3.05) is 0 Å². The molecule has 0 fully saturated rings. The Hall–Kier alpha value is -2.26. The first-order valence-corrected chi connectivity index (χ1v) is 10.9. The van der Waals surface area contributed by atoms with Gasteiger partial charge in [-0.2, -0.15) is 0 Å². The van der Waals surface area contributed by atoms with Crippen LogP contribution in [0.5, 0.6) is 0 Å². The van der Waals surface area contributed by atoms with Crippen LogP contribution < -0.4 is 0 Å². The molecule has 0 amide bonds. The van der Waals surface area contributed by atoms with Gasteiger partial charge in [-0.15, -0.1) is 0 Å². The van der Waals surface area contributed by atoms with E-state index in [2.05, 4.69) is 25.1 Å². The van der Waals surface area contributed by atoms with Crippen molar-refractivity contribution < 1.29 is 13.2 Å². The van der Waals surface area contributed by atoms with Gasteiger partial charge < -0.3 is 0 Å². The van der Waals surface area contributed by atoms with E-state index in [1.807, 2.05) is 0 Å². The molecule has 0 radical (unpaired) electrons. The summed E-state index contributed by atoms with van der Waals surface area (Å²) in [6.07, 6.45) is 7.64. The average molecular weight is 429 g/mol. The summed E-state index contributed by atoms with van der Waals surface area (Å²) in [5, 5.41) is -0.573. The quantitative estimate of drug-likeness (QED) is 0.273. The van der Waals surface area contributed by atoms with Gasteiger partial charge in [-0.25, -0.2) is 13.2 Å². The summed E-state index contributed by atoms with van der Waals surface area (Å²) in [5.74, 6) is -2.27. The van der Waals surface area contributed by atoms with Crippen LogP contribution in [0.1, 0.15) is 49.3 Å². The van der Waals surface area contributed by atoms with Gasteiger partial charge in [-0.1, -0.05) is 56.0 Å². The molecule has 156 valence electrons. The molecule has 3 aromatic rings. The van der Waals surface area contributed by atoms with E-state index in [1.165, 1.54) is 42.9 Å². The minimum atomic E-state index is -0.888. The van der Waals surface area contributed by atoms with Gasteiger partial charge in [0.1, 0.15) is 22.5 Å². The van der Waals surface area contributed by atoms with Crippen molar-refractivity contribution in [2.45, 2.75) is 51.9 Å². The number of fused-ring (bicyclic) bond motifs is 3. The molecule has 1 aliphatic rings. The largest absolute Gasteiger partial charge is 0.206 e. The predicted molar refractivity (Wildman–Crippen MR) is 117 cm³/mol. The number of rotatable bonds is 6. The van der Waals surface area contributed by atoms with Crippen molar-refractivity contribution in [2.24, 2.45) is 0 Å². The standard InChI is InChI=1S/C26H24ClF3/c1-2-3-4-5-6-16-7-10-20-17(11-16)8-9-18-12-22(23(28)15-21(18)20)19-13-24(29)26(27)25(30)14-19/h7,10-15H,2-6,8-9H2,1H3. The Labute approximate surface area is 180 Å². The Balaban J connectivity index is 1.66. The number of halogens is 4. The molecule has 30 heavy (non-hydrogen) atoms. The zero-order valence-corrected chi connectivity index (χ0v) is 17.8. The van der Waals surface area contributed by atoms with Crippen molar-refractivity contribution in [3.05, 3.63) is 81.6 Å². The van der Waals surface area contributed by atoms with Gasteiger partial charge >= 0.3 is 0 Å². The summed E-state index contributed by atoms with van der Waals surface area (Å²) >= 11 is 5.56. The van der Waals surface area contributed by atoms with E-state index in [4.69, 9.17) is 11.6 Å². The summed E-state index contributed by atoms with van der Waals surface area (Å²) in [7, 11) is 0. The molecule has 0 bridgehead atoms. The fourth-order valence-electron chi connectivity index (χ4n) is 4.31. The van der Waals surface area contributed by atoms with Crippen LogP contribution >= 0.6 is 11.6 Å². The van der Waals surface area contributed by atoms with Crippen LogP contribution in [0, 0.1) is 17.5 Å². The average Bonchev–Trinajstić information content (AvgIpc) is 2.74. The van der Waals surface area contributed by atoms with Gasteiger partial charge in [-0.3, -0.25) is 0 Å². The number of hydrogen-bond donors (Lipinski definition) is 0. The Morgan fingerprint density at radius 1 is 0.733 bits per heavy atom. The first kappa shape index (κ1) is 21.0. The zero-order valence-electron chi connectivity index (χ0n) is 17.0. The second kappa shape index (κ2) is 8.85. The monoisotopic (exact) mass is 428 g/mol. The van der Waals surface area contributed by atoms with E-state index in [0.29, 0.717) is 0 Å². The topological polar surface area (TPSA) is 0 Å². The number of unbranched alkanes of at least 4 members (excludes halogenated alkanes) is 3. The second-order valence-electron chi connectivity index (χ2n) is 8.05. The number of hydrogen-bond acceptors (Lipinski definition) is 0. The SMILES string of the molecule is CCCCCCc1ccc2c(c1)CCc1cc(-c3cc(F)c(Cl)c(F)c3)c(F)cc1-2. The maximum atomic E-state index is 15.0. The molecule has 0 aromatic heterocycles. The molecule has 0 spiro atoms. The summed E-state index contributed by atoms with van der Waals surface area (Å²) in [4.78, 5) is 0. The zero-order chi connectivity index (χ0) is 21.3. The van der Waals surface area contributed by atoms with Crippen LogP contribution in [0.3, 0.4) is 0 Å². The molecule has 0 saturated carbocycles. The Kier molecular flexibility index (Phi) is 6.19. The summed E-state index contributed by atoms with van der Waals surface area (Å²) in [6.45, 7) is 2.21. The van der Waals surface area contributed by atoms with Crippen molar-refractivity contribution >= 4 is 11.6 Å². The molecule has 0 atom stereocenters. The lowest BCUT2D eigenvalue weighted by Crippen LogP contribution is -2.06. The molecule has 1 aliphatic carbocycles. The molecule has 0 N–H and O–H groups in total. The van der Waals surface area contributed by atoms with Crippen LogP contribution in [0.15, 0.2) is 42.5 Å². The highest BCUT2D eigenvalue weighted by molar-refractivity contribution is 6.31. The van der Waals surface area contributed by atoms with E-state index in [1.54, 1.807) is 6.07 Å². The third-order valence-corrected chi connectivity index (χ3v) is 6.29. The van der Waals surface area contributed by atoms with Crippen molar-refractivity contribution in [1.29, 1.82) is 0 Å². The van der Waals surface area contributed by atoms with Gasteiger partial charge in [0.05, 0.1) is 0 Å². The van der Waals surface area contributed by atoms with Gasteiger partial charge in [0.15, 0.2) is 0 Å². The van der Waals surface area contributed by atoms with Gasteiger partial charge in [0, 0.05) is 5.56 Å². The van der Waals surface area contributed by atoms with E-state index >= 15 is 0 Å². The van der Waals surface area contributed by atoms with Crippen molar-refractivity contribution in [1.82, 2.24) is 0 Å². The lowest BCUT2D eigenvalue weighted by atomic mass is 9.83. The molecule has 4 rings (SSSR count). The second-order valence-corrected chi connectivity index (χ2v) is 8.42. The fraction of sp³-hybridized carbons (Fsp3) is 0.308. The van der Waals surface area contributed by atoms with Crippen LogP contribution in [0.4, 0.5) is 13.2 Å². The fourth-order valence-corrected chi connectivity index (χ4v) is 4.41. The smallest absolute Gasteiger partial charge is 0.145 e. The van der Waals surface area contributed by atoms with Crippen molar-refractivity contribution in [3.8, 4) is 22.3 Å². The Morgan fingerprint density at radius 3 is 2.13 bits per heavy atom. The maximum Gasteiger partial charge on any atom is 0.145 e. The highest BCUT2D eigenvalue weighted by Crippen LogP contribution is 2.38. The van der Waals surface area contributed by atoms with E-state index in [9.17, 15) is 13.2 Å². The summed E-state index contributed by atoms with van der Waals surface area (Å²) in [6, 6.07) is 11.8. The third kappa shape index (κ3) is 4.13. The lowest BCUT2D eigenvalue weighted by Gasteiger charge is -2.22. The lowest BCUT2D eigenvalue weighted by molar-refractivity contribution is 0.584. The number of aryl methyl sites for hydroxylation is 3. The highest BCUT2D eigenvalue weighted by Gasteiger charge is 2.21. The Bertz CT molecular complexity index is 1060. The highest BCUT2D eigenvalue weighted by atomic mass is 35.5. The maximum absolute atomic E-state index is 15.0. The first-order chi connectivity index (χ1) is 14.5. The van der Waals surface area contributed by atoms with Gasteiger partial charge in [-0.05, 0) is 83.3 Å². The van der Waals surface area contributed by atoms with E-state index in [0.717, 1.165) is 48.1 Å². The molecule has 0 nitrogen and oxygen atoms in total. The van der Waals surface area contributed by atoms with Crippen molar-refractivity contribution in [3.63, 3.8) is 0 Å². The molecular weight excluding hydrogens is 405 g/mol. The first-order valence-electron chi connectivity index (χ1n) is 10.6. The molecule has 0 unspecified atom stereocenters. The predicted octanol–water partition coefficient (Wildman–Crippen LogP) is 8.31. The number of benzene rings is 3. The minimum absolute atomic E-state index is 0.155. The van der Waals surface area contributed by atoms with Crippen LogP contribution in [0.25, 0.3) is 22.3 Å². The van der Waals surface area contributed by atoms with Crippen LogP contribution in [-0.2, 0) is 19.3 Å². The van der Waals surface area contributed by atoms with E-state index in [-0.39, 0.29) is 11.1 Å². The molecule has 0 heterocycles. The molecule has 4 heteroatoms. The minimum Gasteiger partial charge on any atom is -0.206 e. The molecule has 0 aliphatic heterocycles. The summed E-state index contributed by atoms with van der Waals surface area (Å²) in [5.41, 5.74) is 5.83. The molecule has 3 aromatic carbocycles. The normalized spacial score (nSPS) is 12.6. The molecule has 0 saturated heterocycles. The van der Waals surface area contributed by atoms with Gasteiger partial charge in [0.2, 0.25) is 0 Å². The third-order valence-electron chi connectivity index (χ3n) is 5.93.